The molecule has 0 bridgehead atoms. The Morgan fingerprint density at radius 1 is 1.16 bits per heavy atom. The number of amides is 1. The molecule has 1 aliphatic heterocycles. The van der Waals surface area contributed by atoms with Gasteiger partial charge in [-0.3, -0.25) is 14.5 Å². The monoisotopic (exact) mass is 446 g/mol. The molecule has 1 amide bonds. The second kappa shape index (κ2) is 10.0. The normalized spacial score (nSPS) is 18.5. The molecule has 0 aromatic heterocycles. The zero-order valence-electron chi connectivity index (χ0n) is 18.1. The van der Waals surface area contributed by atoms with Gasteiger partial charge in [0.1, 0.15) is 17.5 Å². The lowest BCUT2D eigenvalue weighted by Gasteiger charge is -2.24. The van der Waals surface area contributed by atoms with Gasteiger partial charge in [-0.1, -0.05) is 23.7 Å². The van der Waals surface area contributed by atoms with Gasteiger partial charge in [-0.15, -0.1) is 0 Å². The lowest BCUT2D eigenvalue weighted by Crippen LogP contribution is -2.37. The molecule has 1 aliphatic rings. The summed E-state index contributed by atoms with van der Waals surface area (Å²) in [6.45, 7) is 2.90. The second-order valence-corrected chi connectivity index (χ2v) is 7.91. The van der Waals surface area contributed by atoms with Crippen molar-refractivity contribution in [2.75, 3.05) is 27.9 Å². The fourth-order valence-electron chi connectivity index (χ4n) is 4.04. The summed E-state index contributed by atoms with van der Waals surface area (Å²) in [6, 6.07) is 9.90. The summed E-state index contributed by atoms with van der Waals surface area (Å²) in [7, 11) is 4.60. The summed E-state index contributed by atoms with van der Waals surface area (Å²) >= 11 is 6.00. The number of rotatable bonds is 7. The summed E-state index contributed by atoms with van der Waals surface area (Å²) in [5, 5.41) is 3.50. The molecule has 0 radical (unpaired) electrons. The van der Waals surface area contributed by atoms with Gasteiger partial charge in [0.15, 0.2) is 0 Å². The maximum atomic E-state index is 12.6. The van der Waals surface area contributed by atoms with Crippen molar-refractivity contribution in [1.82, 2.24) is 10.2 Å². The van der Waals surface area contributed by atoms with Crippen LogP contribution in [0.25, 0.3) is 0 Å². The molecule has 0 aliphatic carbocycles. The number of carbonyl (C=O) groups is 2. The van der Waals surface area contributed by atoms with Crippen LogP contribution in [0.3, 0.4) is 0 Å². The van der Waals surface area contributed by atoms with Gasteiger partial charge in [0.2, 0.25) is 0 Å². The summed E-state index contributed by atoms with van der Waals surface area (Å²) in [5.74, 6) is 0.895. The molecule has 0 spiro atoms. The Bertz CT molecular complexity index is 965. The lowest BCUT2D eigenvalue weighted by molar-refractivity contribution is -0.146. The van der Waals surface area contributed by atoms with Crippen molar-refractivity contribution in [3.05, 3.63) is 58.1 Å². The summed E-state index contributed by atoms with van der Waals surface area (Å²) in [6.07, 6.45) is 0.455. The minimum Gasteiger partial charge on any atom is -0.496 e. The molecule has 1 heterocycles. The number of benzene rings is 2. The molecule has 7 nitrogen and oxygen atoms in total. The van der Waals surface area contributed by atoms with Crippen molar-refractivity contribution in [3.63, 3.8) is 0 Å². The Labute approximate surface area is 187 Å². The smallest absolute Gasteiger partial charge is 0.323 e. The molecule has 8 heteroatoms. The number of nitrogens with one attached hydrogen (secondary N) is 1. The zero-order valence-corrected chi connectivity index (χ0v) is 18.9. The number of halogens is 1. The Morgan fingerprint density at radius 2 is 1.94 bits per heavy atom. The van der Waals surface area contributed by atoms with Gasteiger partial charge in [0.05, 0.1) is 21.3 Å². The maximum Gasteiger partial charge on any atom is 0.323 e. The van der Waals surface area contributed by atoms with Gasteiger partial charge in [-0.2, -0.15) is 0 Å². The first-order valence-electron chi connectivity index (χ1n) is 9.96. The van der Waals surface area contributed by atoms with Gasteiger partial charge in [-0.25, -0.2) is 0 Å². The van der Waals surface area contributed by atoms with Crippen LogP contribution in [0.5, 0.6) is 11.5 Å². The predicted octanol–water partition coefficient (Wildman–Crippen LogP) is 3.21. The minimum atomic E-state index is -0.471. The average Bonchev–Trinajstić information content (AvgIpc) is 3.15. The fraction of sp³-hybridized carbons (Fsp3) is 0.391. The van der Waals surface area contributed by atoms with Gasteiger partial charge in [0, 0.05) is 40.8 Å². The van der Waals surface area contributed by atoms with E-state index in [1.165, 1.54) is 7.11 Å². The van der Waals surface area contributed by atoms with Crippen molar-refractivity contribution in [1.29, 1.82) is 0 Å². The number of hydrogen-bond acceptors (Lipinski definition) is 6. The molecule has 1 saturated heterocycles. The second-order valence-electron chi connectivity index (χ2n) is 7.47. The summed E-state index contributed by atoms with van der Waals surface area (Å²) < 4.78 is 16.0. The average molecular weight is 447 g/mol. The SMILES string of the molecule is COC(=O)[C@@H]1C[C@@H](NC(=O)c2cccc(Cl)c2)CN1Cc1ccc(OC)c(C)c1OC. The topological polar surface area (TPSA) is 77.1 Å². The molecule has 3 rings (SSSR count). The number of methoxy groups -OCH3 is 3. The first kappa shape index (κ1) is 22.9. The molecule has 0 saturated carbocycles. The van der Waals surface area contributed by atoms with E-state index in [1.54, 1.807) is 38.5 Å². The van der Waals surface area contributed by atoms with Crippen LogP contribution in [-0.4, -0.2) is 56.7 Å². The van der Waals surface area contributed by atoms with Crippen LogP contribution in [-0.2, 0) is 16.1 Å². The summed E-state index contributed by atoms with van der Waals surface area (Å²) in [5.41, 5.74) is 2.30. The van der Waals surface area contributed by atoms with E-state index >= 15 is 0 Å². The van der Waals surface area contributed by atoms with E-state index in [0.717, 1.165) is 22.6 Å². The van der Waals surface area contributed by atoms with Gasteiger partial charge >= 0.3 is 5.97 Å². The number of carbonyl (C=O) groups excluding carboxylic acids is 2. The number of ether oxygens (including phenoxy) is 3. The minimum absolute atomic E-state index is 0.207. The Hall–Kier alpha value is -2.77. The number of esters is 1. The first-order valence-corrected chi connectivity index (χ1v) is 10.3. The van der Waals surface area contributed by atoms with E-state index in [9.17, 15) is 9.59 Å². The molecule has 31 heavy (non-hydrogen) atoms. The Kier molecular flexibility index (Phi) is 7.41. The van der Waals surface area contributed by atoms with Crippen molar-refractivity contribution in [3.8, 4) is 11.5 Å². The van der Waals surface area contributed by atoms with Crippen LogP contribution >= 0.6 is 11.6 Å². The highest BCUT2D eigenvalue weighted by Crippen LogP contribution is 2.33. The van der Waals surface area contributed by atoms with Crippen molar-refractivity contribution in [2.24, 2.45) is 0 Å². The molecule has 0 unspecified atom stereocenters. The molecule has 1 fully saturated rings. The van der Waals surface area contributed by atoms with Crippen LogP contribution in [0.4, 0.5) is 0 Å². The Balaban J connectivity index is 1.79. The largest absolute Gasteiger partial charge is 0.496 e. The van der Waals surface area contributed by atoms with Crippen molar-refractivity contribution in [2.45, 2.75) is 32.0 Å². The molecular formula is C23H27ClN2O5. The van der Waals surface area contributed by atoms with E-state index in [0.29, 0.717) is 30.1 Å². The van der Waals surface area contributed by atoms with E-state index in [2.05, 4.69) is 5.32 Å². The summed E-state index contributed by atoms with van der Waals surface area (Å²) in [4.78, 5) is 27.1. The first-order chi connectivity index (χ1) is 14.9. The van der Waals surface area contributed by atoms with Crippen LogP contribution in [0.2, 0.25) is 5.02 Å². The number of nitrogens with zero attached hydrogens (tertiary/aromatic N) is 1. The highest BCUT2D eigenvalue weighted by atomic mass is 35.5. The standard InChI is InChI=1S/C23H27ClN2O5/c1-14-20(29-2)9-8-16(21(14)30-3)12-26-13-18(11-19(26)23(28)31-4)25-22(27)15-6-5-7-17(24)10-15/h5-10,18-19H,11-13H2,1-4H3,(H,25,27)/t18-,19+/m1/s1. The Morgan fingerprint density at radius 3 is 2.58 bits per heavy atom. The predicted molar refractivity (Wildman–Crippen MR) is 118 cm³/mol. The van der Waals surface area contributed by atoms with Crippen molar-refractivity contribution < 1.29 is 23.8 Å². The van der Waals surface area contributed by atoms with E-state index in [1.807, 2.05) is 24.0 Å². The number of hydrogen-bond donors (Lipinski definition) is 1. The lowest BCUT2D eigenvalue weighted by atomic mass is 10.1. The molecule has 2 aromatic rings. The highest BCUT2D eigenvalue weighted by Gasteiger charge is 2.38. The third-order valence-electron chi connectivity index (χ3n) is 5.53. The van der Waals surface area contributed by atoms with Crippen LogP contribution in [0.1, 0.15) is 27.9 Å². The number of likely N-dealkylation sites (tertiary alicyclic amines) is 1. The van der Waals surface area contributed by atoms with Crippen LogP contribution in [0, 0.1) is 6.92 Å². The van der Waals surface area contributed by atoms with Crippen molar-refractivity contribution >= 4 is 23.5 Å². The van der Waals surface area contributed by atoms with Crippen LogP contribution < -0.4 is 14.8 Å². The fourth-order valence-corrected chi connectivity index (χ4v) is 4.23. The van der Waals surface area contributed by atoms with Gasteiger partial charge < -0.3 is 19.5 Å². The third kappa shape index (κ3) is 5.11. The van der Waals surface area contributed by atoms with E-state index < -0.39 is 6.04 Å². The van der Waals surface area contributed by atoms with Gasteiger partial charge in [-0.05, 0) is 37.6 Å². The van der Waals surface area contributed by atoms with E-state index in [4.69, 9.17) is 25.8 Å². The molecule has 166 valence electrons. The van der Waals surface area contributed by atoms with E-state index in [-0.39, 0.29) is 17.9 Å². The molecule has 2 atom stereocenters. The highest BCUT2D eigenvalue weighted by molar-refractivity contribution is 6.30. The molecular weight excluding hydrogens is 420 g/mol. The van der Waals surface area contributed by atoms with Crippen LogP contribution in [0.15, 0.2) is 36.4 Å². The quantitative estimate of drug-likeness (QED) is 0.658. The molecule has 1 N–H and O–H groups in total. The maximum absolute atomic E-state index is 12.6. The molecule has 2 aromatic carbocycles. The zero-order chi connectivity index (χ0) is 22.5. The third-order valence-corrected chi connectivity index (χ3v) is 5.77. The van der Waals surface area contributed by atoms with Gasteiger partial charge in [0.25, 0.3) is 5.91 Å².